The quantitative estimate of drug-likeness (QED) is 0.522. The number of hydrogen-bond donors (Lipinski definition) is 2. The molecule has 2 aliphatic rings. The molecule has 10 heteroatoms. The number of nitrogens with one attached hydrogen (secondary N) is 1. The number of likely N-dealkylation sites (tertiary alicyclic amines) is 1. The van der Waals surface area contributed by atoms with Gasteiger partial charge in [-0.1, -0.05) is 0 Å². The summed E-state index contributed by atoms with van der Waals surface area (Å²) in [5, 5.41) is 3.37. The molecule has 2 aromatic rings. The van der Waals surface area contributed by atoms with Gasteiger partial charge < -0.3 is 15.8 Å². The van der Waals surface area contributed by atoms with E-state index in [2.05, 4.69) is 20.2 Å². The van der Waals surface area contributed by atoms with E-state index in [-0.39, 0.29) is 17.1 Å². The number of nitrogens with two attached hydrogens (primary N) is 1. The highest BCUT2D eigenvalue weighted by molar-refractivity contribution is 6.28. The highest BCUT2D eigenvalue weighted by atomic mass is 35.5. The fraction of sp³-hybridized carbons (Fsp3) is 0.524. The number of ether oxygens (including phenoxy) is 1. The number of nitrogen functional groups attached to an aromatic ring is 1. The van der Waals surface area contributed by atoms with Gasteiger partial charge in [0.15, 0.2) is 0 Å². The van der Waals surface area contributed by atoms with Gasteiger partial charge in [-0.05, 0) is 61.5 Å². The monoisotopic (exact) mass is 455 g/mol. The highest BCUT2D eigenvalue weighted by Gasteiger charge is 2.36. The summed E-state index contributed by atoms with van der Waals surface area (Å²) in [6.07, 6.45) is -1.70. The van der Waals surface area contributed by atoms with E-state index in [0.717, 1.165) is 55.7 Å². The molecule has 168 valence electrons. The number of hydrogen-bond acceptors (Lipinski definition) is 6. The zero-order chi connectivity index (χ0) is 22.3. The van der Waals surface area contributed by atoms with Crippen molar-refractivity contribution in [2.75, 3.05) is 31.2 Å². The van der Waals surface area contributed by atoms with Crippen LogP contribution in [0, 0.1) is 0 Å². The van der Waals surface area contributed by atoms with Gasteiger partial charge in [-0.15, -0.1) is 0 Å². The maximum Gasteiger partial charge on any atom is 0.416 e. The molecule has 1 fully saturated rings. The first-order valence-electron chi connectivity index (χ1n) is 10.2. The Labute approximate surface area is 183 Å². The van der Waals surface area contributed by atoms with Gasteiger partial charge in [-0.2, -0.15) is 13.2 Å². The van der Waals surface area contributed by atoms with Crippen molar-refractivity contribution in [3.63, 3.8) is 0 Å². The average molecular weight is 456 g/mol. The smallest absolute Gasteiger partial charge is 0.399 e. The summed E-state index contributed by atoms with van der Waals surface area (Å²) >= 11 is 6.14. The third kappa shape index (κ3) is 4.73. The lowest BCUT2D eigenvalue weighted by molar-refractivity contribution is -0.137. The maximum atomic E-state index is 13.2. The lowest BCUT2D eigenvalue weighted by Gasteiger charge is -2.45. The van der Waals surface area contributed by atoms with Crippen molar-refractivity contribution < 1.29 is 17.9 Å². The Bertz CT molecular complexity index is 965. The van der Waals surface area contributed by atoms with Crippen LogP contribution in [0.2, 0.25) is 5.28 Å². The minimum absolute atomic E-state index is 0.0618. The fourth-order valence-corrected chi connectivity index (χ4v) is 4.48. The molecule has 4 rings (SSSR count). The molecule has 6 nitrogen and oxygen atoms in total. The van der Waals surface area contributed by atoms with E-state index in [9.17, 15) is 13.2 Å². The number of anilines is 2. The van der Waals surface area contributed by atoms with E-state index in [4.69, 9.17) is 22.1 Å². The molecule has 0 spiro atoms. The van der Waals surface area contributed by atoms with Gasteiger partial charge in [0.05, 0.1) is 23.4 Å². The number of benzene rings is 1. The Morgan fingerprint density at radius 2 is 2.00 bits per heavy atom. The van der Waals surface area contributed by atoms with Crippen LogP contribution < -0.4 is 11.1 Å². The summed E-state index contributed by atoms with van der Waals surface area (Å²) in [6.45, 7) is 3.57. The zero-order valence-electron chi connectivity index (χ0n) is 17.3. The summed E-state index contributed by atoms with van der Waals surface area (Å²) in [5.74, 6) is 0.562. The minimum atomic E-state index is -4.47. The Morgan fingerprint density at radius 3 is 2.68 bits per heavy atom. The predicted molar refractivity (Wildman–Crippen MR) is 113 cm³/mol. The first-order chi connectivity index (χ1) is 14.6. The molecule has 1 aromatic heterocycles. The van der Waals surface area contributed by atoms with E-state index >= 15 is 0 Å². The molecule has 0 unspecified atom stereocenters. The molecule has 31 heavy (non-hydrogen) atoms. The largest absolute Gasteiger partial charge is 0.416 e. The molecule has 2 heterocycles. The van der Waals surface area contributed by atoms with Crippen LogP contribution in [-0.4, -0.2) is 47.2 Å². The molecule has 1 aliphatic heterocycles. The van der Waals surface area contributed by atoms with Crippen LogP contribution in [-0.2, 0) is 23.8 Å². The number of aryl methyl sites for hydroxylation is 1. The maximum absolute atomic E-state index is 13.2. The van der Waals surface area contributed by atoms with Crippen molar-refractivity contribution in [1.29, 1.82) is 0 Å². The molecule has 0 radical (unpaired) electrons. The van der Waals surface area contributed by atoms with Gasteiger partial charge in [0, 0.05) is 37.5 Å². The van der Waals surface area contributed by atoms with Crippen LogP contribution in [0.3, 0.4) is 0 Å². The molecule has 0 bridgehead atoms. The number of aromatic nitrogens is 2. The number of rotatable bonds is 5. The Kier molecular flexibility index (Phi) is 6.02. The predicted octanol–water partition coefficient (Wildman–Crippen LogP) is 4.09. The average Bonchev–Trinajstić information content (AvgIpc) is 2.66. The molecule has 1 saturated heterocycles. The van der Waals surface area contributed by atoms with Gasteiger partial charge >= 0.3 is 6.18 Å². The van der Waals surface area contributed by atoms with E-state index in [0.29, 0.717) is 17.4 Å². The third-order valence-corrected chi connectivity index (χ3v) is 6.27. The summed E-state index contributed by atoms with van der Waals surface area (Å²) in [5.41, 5.74) is 7.29. The van der Waals surface area contributed by atoms with Crippen LogP contribution in [0.4, 0.5) is 24.7 Å². The van der Waals surface area contributed by atoms with Crippen molar-refractivity contribution in [3.05, 3.63) is 45.9 Å². The van der Waals surface area contributed by atoms with E-state index in [1.807, 2.05) is 0 Å². The lowest BCUT2D eigenvalue weighted by Crippen LogP contribution is -2.57. The molecular formula is C21H25ClF3N5O. The van der Waals surface area contributed by atoms with Gasteiger partial charge in [0.2, 0.25) is 5.28 Å². The number of nitrogens with zero attached hydrogens (tertiary/aromatic N) is 3. The van der Waals surface area contributed by atoms with Gasteiger partial charge in [0.1, 0.15) is 5.82 Å². The van der Waals surface area contributed by atoms with Crippen LogP contribution in [0.15, 0.2) is 18.2 Å². The Balaban J connectivity index is 1.57. The van der Waals surface area contributed by atoms with Gasteiger partial charge in [0.25, 0.3) is 0 Å². The van der Waals surface area contributed by atoms with Crippen LogP contribution in [0.1, 0.15) is 41.8 Å². The third-order valence-electron chi connectivity index (χ3n) is 6.10. The SMILES string of the molecule is COC1CN([C@H]2CCc3nc(Cl)nc(N[C@H](C)c4cc(N)cc(C(F)(F)F)c4)c3C2)C1. The molecule has 3 N–H and O–H groups in total. The standard InChI is InChI=1S/C21H25ClF3N5O/c1-11(12-5-13(21(23,24)25)7-14(26)6-12)27-19-17-8-15(30-9-16(10-30)31-2)3-4-18(17)28-20(22)29-19/h5-7,11,15-16H,3-4,8-10,26H2,1-2H3,(H,27,28,29)/t11-,15+/m1/s1. The molecular weight excluding hydrogens is 431 g/mol. The Morgan fingerprint density at radius 1 is 1.26 bits per heavy atom. The first-order valence-corrected chi connectivity index (χ1v) is 10.6. The van der Waals surface area contributed by atoms with E-state index < -0.39 is 17.8 Å². The number of halogens is 4. The summed E-state index contributed by atoms with van der Waals surface area (Å²) in [4.78, 5) is 11.1. The molecule has 2 atom stereocenters. The first kappa shape index (κ1) is 22.1. The van der Waals surface area contributed by atoms with Crippen LogP contribution in [0.25, 0.3) is 0 Å². The lowest BCUT2D eigenvalue weighted by atomic mass is 9.89. The second kappa shape index (κ2) is 8.44. The fourth-order valence-electron chi connectivity index (χ4n) is 4.29. The number of fused-ring (bicyclic) bond motifs is 1. The van der Waals surface area contributed by atoms with Crippen LogP contribution in [0.5, 0.6) is 0 Å². The van der Waals surface area contributed by atoms with E-state index in [1.54, 1.807) is 14.0 Å². The molecule has 0 saturated carbocycles. The summed E-state index contributed by atoms with van der Waals surface area (Å²) in [7, 11) is 1.72. The van der Waals surface area contributed by atoms with Crippen molar-refractivity contribution in [2.24, 2.45) is 0 Å². The summed E-state index contributed by atoms with van der Waals surface area (Å²) in [6, 6.07) is 3.48. The minimum Gasteiger partial charge on any atom is -0.399 e. The van der Waals surface area contributed by atoms with Crippen LogP contribution >= 0.6 is 11.6 Å². The Hall–Kier alpha value is -2.10. The number of alkyl halides is 3. The molecule has 1 aliphatic carbocycles. The van der Waals surface area contributed by atoms with Gasteiger partial charge in [-0.3, -0.25) is 4.90 Å². The zero-order valence-corrected chi connectivity index (χ0v) is 18.1. The van der Waals surface area contributed by atoms with E-state index in [1.165, 1.54) is 6.07 Å². The second-order valence-electron chi connectivity index (χ2n) is 8.23. The van der Waals surface area contributed by atoms with Crippen molar-refractivity contribution in [1.82, 2.24) is 14.9 Å². The van der Waals surface area contributed by atoms with Crippen molar-refractivity contribution >= 4 is 23.1 Å². The topological polar surface area (TPSA) is 76.3 Å². The van der Waals surface area contributed by atoms with Crippen molar-refractivity contribution in [3.8, 4) is 0 Å². The second-order valence-corrected chi connectivity index (χ2v) is 8.56. The van der Waals surface area contributed by atoms with Gasteiger partial charge in [-0.25, -0.2) is 9.97 Å². The highest BCUT2D eigenvalue weighted by Crippen LogP contribution is 2.35. The molecule has 1 aromatic carbocycles. The molecule has 0 amide bonds. The summed E-state index contributed by atoms with van der Waals surface area (Å²) < 4.78 is 45.0. The van der Waals surface area contributed by atoms with Crippen molar-refractivity contribution in [2.45, 2.75) is 50.6 Å². The number of methoxy groups -OCH3 is 1. The normalized spacial score (nSPS) is 20.8.